The Morgan fingerprint density at radius 1 is 1.25 bits per heavy atom. The number of ether oxygens (including phenoxy) is 1. The molecule has 0 spiro atoms. The van der Waals surface area contributed by atoms with E-state index in [4.69, 9.17) is 4.74 Å². The summed E-state index contributed by atoms with van der Waals surface area (Å²) in [5.41, 5.74) is 1.88. The van der Waals surface area contributed by atoms with Crippen LogP contribution in [0, 0.1) is 0 Å². The molecule has 1 amide bonds. The van der Waals surface area contributed by atoms with E-state index in [0.717, 1.165) is 25.1 Å². The van der Waals surface area contributed by atoms with E-state index in [1.54, 1.807) is 0 Å². The summed E-state index contributed by atoms with van der Waals surface area (Å²) in [7, 11) is 2.08. The van der Waals surface area contributed by atoms with E-state index in [2.05, 4.69) is 27.4 Å². The molecule has 0 radical (unpaired) electrons. The quantitative estimate of drug-likeness (QED) is 0.891. The molecule has 24 heavy (non-hydrogen) atoms. The number of hydrogen-bond donors (Lipinski definition) is 1. The van der Waals surface area contributed by atoms with Gasteiger partial charge in [-0.2, -0.15) is 15.4 Å². The van der Waals surface area contributed by atoms with Gasteiger partial charge in [-0.3, -0.25) is 4.79 Å². The number of nitrogens with one attached hydrogen (secondary N) is 1. The molecule has 0 aliphatic carbocycles. The van der Waals surface area contributed by atoms with Crippen LogP contribution in [0.25, 0.3) is 11.3 Å². The van der Waals surface area contributed by atoms with Gasteiger partial charge < -0.3 is 14.5 Å². The Bertz CT molecular complexity index is 717. The first-order chi connectivity index (χ1) is 11.7. The highest BCUT2D eigenvalue weighted by molar-refractivity contribution is 5.98. The number of piperidine rings is 1. The first-order valence-corrected chi connectivity index (χ1v) is 8.31. The Balaban J connectivity index is 1.63. The largest absolute Gasteiger partial charge is 0.374 e. The maximum atomic E-state index is 13.1. The van der Waals surface area contributed by atoms with Crippen molar-refractivity contribution in [2.75, 3.05) is 33.3 Å². The lowest BCUT2D eigenvalue weighted by Gasteiger charge is -2.46. The molecule has 2 saturated heterocycles. The smallest absolute Gasteiger partial charge is 0.277 e. The fraction of sp³-hybridized carbons (Fsp3) is 0.471. The second-order valence-electron chi connectivity index (χ2n) is 6.41. The number of nitrogens with zero attached hydrogens (tertiary/aromatic N) is 4. The average molecular weight is 327 g/mol. The number of rotatable bonds is 2. The van der Waals surface area contributed by atoms with Crippen molar-refractivity contribution < 1.29 is 9.53 Å². The molecule has 2 fully saturated rings. The van der Waals surface area contributed by atoms with Crippen LogP contribution in [0.4, 0.5) is 0 Å². The zero-order valence-electron chi connectivity index (χ0n) is 13.7. The maximum absolute atomic E-state index is 13.1. The van der Waals surface area contributed by atoms with Gasteiger partial charge in [0.25, 0.3) is 5.91 Å². The fourth-order valence-electron chi connectivity index (χ4n) is 3.60. The first kappa shape index (κ1) is 15.3. The van der Waals surface area contributed by atoms with Gasteiger partial charge in [0.1, 0.15) is 5.69 Å². The normalized spacial score (nSPS) is 24.6. The summed E-state index contributed by atoms with van der Waals surface area (Å²) in [5.74, 6) is -0.0730. The molecule has 0 saturated carbocycles. The van der Waals surface area contributed by atoms with Crippen molar-refractivity contribution in [3.8, 4) is 11.3 Å². The Morgan fingerprint density at radius 2 is 2.08 bits per heavy atom. The van der Waals surface area contributed by atoms with Gasteiger partial charge in [0.05, 0.1) is 18.8 Å². The van der Waals surface area contributed by atoms with E-state index in [0.29, 0.717) is 24.5 Å². The van der Waals surface area contributed by atoms with Crippen LogP contribution in [-0.4, -0.2) is 76.6 Å². The highest BCUT2D eigenvalue weighted by Gasteiger charge is 2.39. The molecule has 126 valence electrons. The molecule has 2 aliphatic rings. The molecule has 2 atom stereocenters. The van der Waals surface area contributed by atoms with Crippen LogP contribution in [0.1, 0.15) is 16.9 Å². The van der Waals surface area contributed by atoms with Crippen molar-refractivity contribution in [3.05, 3.63) is 36.0 Å². The number of aromatic nitrogens is 3. The predicted octanol–water partition coefficient (Wildman–Crippen LogP) is 1.02. The van der Waals surface area contributed by atoms with Crippen LogP contribution in [-0.2, 0) is 4.74 Å². The Hall–Kier alpha value is -2.25. The Labute approximate surface area is 140 Å². The summed E-state index contributed by atoms with van der Waals surface area (Å²) in [6.07, 6.45) is 1.07. The van der Waals surface area contributed by atoms with Gasteiger partial charge in [0, 0.05) is 25.2 Å². The number of hydrogen-bond acceptors (Lipinski definition) is 5. The zero-order valence-corrected chi connectivity index (χ0v) is 13.7. The number of amides is 1. The average Bonchev–Trinajstić information content (AvgIpc) is 3.11. The molecular formula is C17H21N5O2. The maximum Gasteiger partial charge on any atom is 0.277 e. The minimum Gasteiger partial charge on any atom is -0.374 e. The lowest BCUT2D eigenvalue weighted by molar-refractivity contribution is -0.0871. The molecule has 2 aliphatic heterocycles. The second kappa shape index (κ2) is 6.33. The lowest BCUT2D eigenvalue weighted by atomic mass is 9.98. The summed E-state index contributed by atoms with van der Waals surface area (Å²) >= 11 is 0. The molecule has 3 heterocycles. The van der Waals surface area contributed by atoms with E-state index in [1.807, 2.05) is 35.2 Å². The summed E-state index contributed by atoms with van der Waals surface area (Å²) in [6, 6.07) is 9.75. The lowest BCUT2D eigenvalue weighted by Crippen LogP contribution is -2.60. The molecular weight excluding hydrogens is 306 g/mol. The van der Waals surface area contributed by atoms with Crippen LogP contribution < -0.4 is 0 Å². The minimum absolute atomic E-state index is 0.0730. The molecule has 1 aromatic heterocycles. The van der Waals surface area contributed by atoms with Crippen molar-refractivity contribution in [3.63, 3.8) is 0 Å². The van der Waals surface area contributed by atoms with E-state index in [9.17, 15) is 4.79 Å². The van der Waals surface area contributed by atoms with Gasteiger partial charge in [0.2, 0.25) is 0 Å². The molecule has 0 bridgehead atoms. The number of carbonyl (C=O) groups excluding carboxylic acids is 1. The van der Waals surface area contributed by atoms with Crippen molar-refractivity contribution in [1.82, 2.24) is 25.2 Å². The van der Waals surface area contributed by atoms with Gasteiger partial charge >= 0.3 is 0 Å². The summed E-state index contributed by atoms with van der Waals surface area (Å²) in [6.45, 7) is 3.00. The minimum atomic E-state index is -0.0730. The van der Waals surface area contributed by atoms with Crippen LogP contribution in [0.2, 0.25) is 0 Å². The number of aromatic amines is 1. The van der Waals surface area contributed by atoms with Gasteiger partial charge in [0.15, 0.2) is 5.69 Å². The third kappa shape index (κ3) is 2.70. The number of fused-ring (bicyclic) bond motifs is 1. The third-order valence-corrected chi connectivity index (χ3v) is 4.85. The van der Waals surface area contributed by atoms with Crippen LogP contribution >= 0.6 is 0 Å². The number of likely N-dealkylation sites (tertiary alicyclic amines) is 1. The highest BCUT2D eigenvalue weighted by atomic mass is 16.5. The van der Waals surface area contributed by atoms with Gasteiger partial charge in [-0.15, -0.1) is 0 Å². The Morgan fingerprint density at radius 3 is 2.92 bits per heavy atom. The number of benzene rings is 1. The monoisotopic (exact) mass is 327 g/mol. The molecule has 7 nitrogen and oxygen atoms in total. The van der Waals surface area contributed by atoms with Gasteiger partial charge in [-0.05, 0) is 13.5 Å². The van der Waals surface area contributed by atoms with Crippen LogP contribution in [0.3, 0.4) is 0 Å². The van der Waals surface area contributed by atoms with E-state index >= 15 is 0 Å². The molecule has 1 aromatic carbocycles. The molecule has 1 N–H and O–H groups in total. The second-order valence-corrected chi connectivity index (χ2v) is 6.41. The molecule has 4 rings (SSSR count). The van der Waals surface area contributed by atoms with Crippen molar-refractivity contribution in [2.45, 2.75) is 18.6 Å². The van der Waals surface area contributed by atoms with Crippen LogP contribution in [0.5, 0.6) is 0 Å². The van der Waals surface area contributed by atoms with Crippen molar-refractivity contribution >= 4 is 5.91 Å². The SMILES string of the molecule is CN1CC[C@H]2OCCN(C(=O)c3n[nH]nc3-c3ccccc3)[C@H]2C1. The number of carbonyl (C=O) groups is 1. The van der Waals surface area contributed by atoms with E-state index in [1.165, 1.54) is 0 Å². The fourth-order valence-corrected chi connectivity index (χ4v) is 3.60. The van der Waals surface area contributed by atoms with Gasteiger partial charge in [-0.1, -0.05) is 30.3 Å². The van der Waals surface area contributed by atoms with Crippen LogP contribution in [0.15, 0.2) is 30.3 Å². The van der Waals surface area contributed by atoms with E-state index in [-0.39, 0.29) is 18.1 Å². The Kier molecular flexibility index (Phi) is 4.03. The summed E-state index contributed by atoms with van der Waals surface area (Å²) < 4.78 is 5.88. The zero-order chi connectivity index (χ0) is 16.5. The first-order valence-electron chi connectivity index (χ1n) is 8.31. The van der Waals surface area contributed by atoms with E-state index < -0.39 is 0 Å². The highest BCUT2D eigenvalue weighted by Crippen LogP contribution is 2.26. The molecule has 7 heteroatoms. The number of morpholine rings is 1. The topological polar surface area (TPSA) is 74.3 Å². The van der Waals surface area contributed by atoms with Crippen molar-refractivity contribution in [2.24, 2.45) is 0 Å². The standard InChI is InChI=1S/C17H21N5O2/c1-21-8-7-14-13(11-21)22(9-10-24-14)17(23)16-15(18-20-19-16)12-5-3-2-4-6-12/h2-6,13-14H,7-11H2,1H3,(H,18,19,20)/t13-,14+/m0/s1. The summed E-state index contributed by atoms with van der Waals surface area (Å²) in [5, 5.41) is 10.9. The number of likely N-dealkylation sites (N-methyl/N-ethyl adjacent to an activating group) is 1. The molecule has 0 unspecified atom stereocenters. The van der Waals surface area contributed by atoms with Gasteiger partial charge in [-0.25, -0.2) is 0 Å². The predicted molar refractivity (Wildman–Crippen MR) is 88.5 cm³/mol. The molecule has 2 aromatic rings. The number of H-pyrrole nitrogens is 1. The third-order valence-electron chi connectivity index (χ3n) is 4.85. The summed E-state index contributed by atoms with van der Waals surface area (Å²) in [4.78, 5) is 17.3. The van der Waals surface area contributed by atoms with Crippen molar-refractivity contribution in [1.29, 1.82) is 0 Å².